The molecule has 106 valence electrons. The highest BCUT2D eigenvalue weighted by Gasteiger charge is 2.05. The minimum atomic E-state index is 0.481. The first-order chi connectivity index (χ1) is 9.54. The van der Waals surface area contributed by atoms with Gasteiger partial charge in [-0.15, -0.1) is 0 Å². The standard InChI is InChI=1S/C18H22IN/c1-13-5-4-6-16(11-13)8-7-15(3)20-18-10-9-17(19)12-14(18)2/h4-6,9-12,15,20H,7-8H2,1-3H3. The average Bonchev–Trinajstić information content (AvgIpc) is 2.40. The van der Waals surface area contributed by atoms with E-state index in [1.54, 1.807) is 0 Å². The summed E-state index contributed by atoms with van der Waals surface area (Å²) in [7, 11) is 0. The number of halogens is 1. The largest absolute Gasteiger partial charge is 0.382 e. The summed E-state index contributed by atoms with van der Waals surface area (Å²) in [5.41, 5.74) is 5.34. The van der Waals surface area contributed by atoms with Crippen LogP contribution in [0.3, 0.4) is 0 Å². The Hall–Kier alpha value is -1.03. The van der Waals surface area contributed by atoms with Crippen molar-refractivity contribution in [2.75, 3.05) is 5.32 Å². The van der Waals surface area contributed by atoms with Gasteiger partial charge in [-0.1, -0.05) is 29.8 Å². The third-order valence-corrected chi connectivity index (χ3v) is 4.21. The highest BCUT2D eigenvalue weighted by atomic mass is 127. The van der Waals surface area contributed by atoms with Crippen LogP contribution in [0.2, 0.25) is 0 Å². The van der Waals surface area contributed by atoms with E-state index in [4.69, 9.17) is 0 Å². The first kappa shape index (κ1) is 15.4. The first-order valence-corrected chi connectivity index (χ1v) is 8.20. The van der Waals surface area contributed by atoms with E-state index in [-0.39, 0.29) is 0 Å². The lowest BCUT2D eigenvalue weighted by Crippen LogP contribution is -2.16. The number of aryl methyl sites for hydroxylation is 3. The third-order valence-electron chi connectivity index (χ3n) is 3.54. The lowest BCUT2D eigenvalue weighted by molar-refractivity contribution is 0.705. The fourth-order valence-corrected chi connectivity index (χ4v) is 3.02. The molecule has 0 aromatic heterocycles. The first-order valence-electron chi connectivity index (χ1n) is 7.13. The van der Waals surface area contributed by atoms with Crippen molar-refractivity contribution in [1.29, 1.82) is 0 Å². The third kappa shape index (κ3) is 4.51. The van der Waals surface area contributed by atoms with Gasteiger partial charge in [-0.05, 0) is 85.5 Å². The molecule has 0 amide bonds. The van der Waals surface area contributed by atoms with E-state index in [1.165, 1.54) is 25.9 Å². The molecule has 0 fully saturated rings. The molecule has 1 atom stereocenters. The summed E-state index contributed by atoms with van der Waals surface area (Å²) in [6, 6.07) is 15.8. The van der Waals surface area contributed by atoms with E-state index in [2.05, 4.69) is 91.1 Å². The van der Waals surface area contributed by atoms with Crippen LogP contribution in [0.1, 0.15) is 30.0 Å². The number of benzene rings is 2. The minimum Gasteiger partial charge on any atom is -0.382 e. The second-order valence-corrected chi connectivity index (χ2v) is 6.78. The number of rotatable bonds is 5. The van der Waals surface area contributed by atoms with E-state index >= 15 is 0 Å². The molecule has 0 saturated carbocycles. The van der Waals surface area contributed by atoms with Gasteiger partial charge in [-0.3, -0.25) is 0 Å². The van der Waals surface area contributed by atoms with Crippen LogP contribution in [0.5, 0.6) is 0 Å². The van der Waals surface area contributed by atoms with Crippen molar-refractivity contribution in [2.45, 2.75) is 39.7 Å². The number of anilines is 1. The summed E-state index contributed by atoms with van der Waals surface area (Å²) in [6.45, 7) is 6.57. The fraction of sp³-hybridized carbons (Fsp3) is 0.333. The van der Waals surface area contributed by atoms with Crippen LogP contribution >= 0.6 is 22.6 Å². The Morgan fingerprint density at radius 3 is 2.60 bits per heavy atom. The molecule has 0 aliphatic rings. The number of nitrogens with one attached hydrogen (secondary N) is 1. The molecule has 0 radical (unpaired) electrons. The van der Waals surface area contributed by atoms with Crippen LogP contribution in [0.4, 0.5) is 5.69 Å². The predicted octanol–water partition coefficient (Wildman–Crippen LogP) is 5.34. The van der Waals surface area contributed by atoms with Gasteiger partial charge in [0.25, 0.3) is 0 Å². The minimum absolute atomic E-state index is 0.481. The van der Waals surface area contributed by atoms with Crippen molar-refractivity contribution in [1.82, 2.24) is 0 Å². The molecular weight excluding hydrogens is 357 g/mol. The SMILES string of the molecule is Cc1cccc(CCC(C)Nc2ccc(I)cc2C)c1. The van der Waals surface area contributed by atoms with Crippen LogP contribution in [0.15, 0.2) is 42.5 Å². The maximum Gasteiger partial charge on any atom is 0.0372 e. The van der Waals surface area contributed by atoms with Crippen molar-refractivity contribution >= 4 is 28.3 Å². The van der Waals surface area contributed by atoms with Crippen molar-refractivity contribution < 1.29 is 0 Å². The number of hydrogen-bond donors (Lipinski definition) is 1. The molecule has 0 aliphatic carbocycles. The molecule has 0 spiro atoms. The molecular formula is C18H22IN. The topological polar surface area (TPSA) is 12.0 Å². The maximum atomic E-state index is 3.62. The van der Waals surface area contributed by atoms with E-state index in [1.807, 2.05) is 0 Å². The second kappa shape index (κ2) is 7.11. The van der Waals surface area contributed by atoms with Gasteiger partial charge in [0.05, 0.1) is 0 Å². The van der Waals surface area contributed by atoms with Gasteiger partial charge in [0.2, 0.25) is 0 Å². The van der Waals surface area contributed by atoms with Gasteiger partial charge in [-0.2, -0.15) is 0 Å². The Labute approximate surface area is 135 Å². The summed E-state index contributed by atoms with van der Waals surface area (Å²) in [5.74, 6) is 0. The van der Waals surface area contributed by atoms with Crippen molar-refractivity contribution in [2.24, 2.45) is 0 Å². The van der Waals surface area contributed by atoms with Crippen LogP contribution < -0.4 is 5.32 Å². The highest BCUT2D eigenvalue weighted by molar-refractivity contribution is 14.1. The molecule has 1 unspecified atom stereocenters. The Kier molecular flexibility index (Phi) is 5.46. The van der Waals surface area contributed by atoms with Gasteiger partial charge >= 0.3 is 0 Å². The molecule has 0 bridgehead atoms. The Morgan fingerprint density at radius 2 is 1.90 bits per heavy atom. The van der Waals surface area contributed by atoms with E-state index in [0.29, 0.717) is 6.04 Å². The summed E-state index contributed by atoms with van der Waals surface area (Å²) < 4.78 is 1.29. The molecule has 2 aromatic carbocycles. The Morgan fingerprint density at radius 1 is 1.10 bits per heavy atom. The molecule has 0 saturated heterocycles. The monoisotopic (exact) mass is 379 g/mol. The number of hydrogen-bond acceptors (Lipinski definition) is 1. The van der Waals surface area contributed by atoms with Gasteiger partial charge in [0.1, 0.15) is 0 Å². The zero-order chi connectivity index (χ0) is 14.5. The van der Waals surface area contributed by atoms with E-state index in [9.17, 15) is 0 Å². The normalized spacial score (nSPS) is 12.2. The fourth-order valence-electron chi connectivity index (χ4n) is 2.38. The quantitative estimate of drug-likeness (QED) is 0.692. The zero-order valence-electron chi connectivity index (χ0n) is 12.4. The summed E-state index contributed by atoms with van der Waals surface area (Å²) >= 11 is 2.36. The molecule has 2 heteroatoms. The zero-order valence-corrected chi connectivity index (χ0v) is 14.6. The van der Waals surface area contributed by atoms with E-state index < -0.39 is 0 Å². The van der Waals surface area contributed by atoms with Crippen molar-refractivity contribution in [3.8, 4) is 0 Å². The molecule has 0 heterocycles. The van der Waals surface area contributed by atoms with Crippen LogP contribution in [-0.4, -0.2) is 6.04 Å². The summed E-state index contributed by atoms with van der Waals surface area (Å²) in [4.78, 5) is 0. The van der Waals surface area contributed by atoms with Crippen LogP contribution in [0, 0.1) is 17.4 Å². The lowest BCUT2D eigenvalue weighted by atomic mass is 10.0. The van der Waals surface area contributed by atoms with Gasteiger partial charge in [0.15, 0.2) is 0 Å². The Bertz CT molecular complexity index is 577. The lowest BCUT2D eigenvalue weighted by Gasteiger charge is -2.17. The molecule has 20 heavy (non-hydrogen) atoms. The average molecular weight is 379 g/mol. The smallest absolute Gasteiger partial charge is 0.0372 e. The van der Waals surface area contributed by atoms with Gasteiger partial charge in [-0.25, -0.2) is 0 Å². The second-order valence-electron chi connectivity index (χ2n) is 5.53. The van der Waals surface area contributed by atoms with Gasteiger partial charge < -0.3 is 5.32 Å². The van der Waals surface area contributed by atoms with Gasteiger partial charge in [0, 0.05) is 15.3 Å². The van der Waals surface area contributed by atoms with E-state index in [0.717, 1.165) is 12.8 Å². The van der Waals surface area contributed by atoms with Crippen LogP contribution in [-0.2, 0) is 6.42 Å². The molecule has 2 rings (SSSR count). The molecule has 0 aliphatic heterocycles. The molecule has 1 nitrogen and oxygen atoms in total. The maximum absolute atomic E-state index is 3.62. The predicted molar refractivity (Wildman–Crippen MR) is 96.5 cm³/mol. The van der Waals surface area contributed by atoms with Crippen molar-refractivity contribution in [3.63, 3.8) is 0 Å². The van der Waals surface area contributed by atoms with Crippen molar-refractivity contribution in [3.05, 3.63) is 62.7 Å². The molecule has 2 aromatic rings. The molecule has 1 N–H and O–H groups in total. The summed E-state index contributed by atoms with van der Waals surface area (Å²) in [5, 5.41) is 3.62. The Balaban J connectivity index is 1.90. The highest BCUT2D eigenvalue weighted by Crippen LogP contribution is 2.19. The van der Waals surface area contributed by atoms with Crippen LogP contribution in [0.25, 0.3) is 0 Å². The summed E-state index contributed by atoms with van der Waals surface area (Å²) in [6.07, 6.45) is 2.27.